The number of hydrogen-bond acceptors (Lipinski definition) is 3. The molecular weight excluding hydrogens is 196 g/mol. The Morgan fingerprint density at radius 2 is 2.14 bits per heavy atom. The highest BCUT2D eigenvalue weighted by atomic mass is 32.1. The van der Waals surface area contributed by atoms with Gasteiger partial charge in [-0.05, 0) is 45.8 Å². The molecular formula is C10H20N2OS. The van der Waals surface area contributed by atoms with Gasteiger partial charge in [0.15, 0.2) is 0 Å². The third-order valence-corrected chi connectivity index (χ3v) is 2.76. The number of nitrogens with one attached hydrogen (secondary N) is 1. The van der Waals surface area contributed by atoms with Crippen LogP contribution in [0.15, 0.2) is 0 Å². The maximum Gasteiger partial charge on any atom is 0.232 e. The second-order valence-electron chi connectivity index (χ2n) is 3.87. The van der Waals surface area contributed by atoms with E-state index in [1.807, 2.05) is 0 Å². The molecule has 0 aliphatic carbocycles. The van der Waals surface area contributed by atoms with Gasteiger partial charge < -0.3 is 10.2 Å². The zero-order chi connectivity index (χ0) is 10.4. The number of amides is 1. The topological polar surface area (TPSA) is 32.3 Å². The Morgan fingerprint density at radius 1 is 1.50 bits per heavy atom. The molecule has 1 amide bonds. The Labute approximate surface area is 91.6 Å². The first kappa shape index (κ1) is 11.9. The van der Waals surface area contributed by atoms with E-state index < -0.39 is 0 Å². The fourth-order valence-corrected chi connectivity index (χ4v) is 1.76. The van der Waals surface area contributed by atoms with Crippen molar-refractivity contribution < 1.29 is 4.79 Å². The van der Waals surface area contributed by atoms with E-state index in [-0.39, 0.29) is 11.2 Å². The number of rotatable bonds is 5. The van der Waals surface area contributed by atoms with Crippen LogP contribution in [0.1, 0.15) is 26.2 Å². The Bertz CT molecular complexity index is 179. The summed E-state index contributed by atoms with van der Waals surface area (Å²) >= 11 is 4.06. The summed E-state index contributed by atoms with van der Waals surface area (Å²) in [5, 5.41) is 2.67. The fraction of sp³-hybridized carbons (Fsp3) is 0.900. The van der Waals surface area contributed by atoms with Gasteiger partial charge in [-0.3, -0.25) is 4.79 Å². The van der Waals surface area contributed by atoms with Crippen molar-refractivity contribution in [2.24, 2.45) is 0 Å². The molecule has 1 atom stereocenters. The molecule has 0 radical (unpaired) electrons. The molecule has 1 heterocycles. The normalized spacial score (nSPS) is 19.6. The molecule has 1 N–H and O–H groups in total. The SMILES string of the molecule is CC(S)C(=O)NCCCN1CCCC1. The van der Waals surface area contributed by atoms with Gasteiger partial charge in [0.25, 0.3) is 0 Å². The predicted molar refractivity (Wildman–Crippen MR) is 61.7 cm³/mol. The van der Waals surface area contributed by atoms with E-state index in [0.29, 0.717) is 0 Å². The van der Waals surface area contributed by atoms with Crippen molar-refractivity contribution in [3.63, 3.8) is 0 Å². The average Bonchev–Trinajstić information content (AvgIpc) is 2.64. The predicted octanol–water partition coefficient (Wildman–Crippen LogP) is 0.907. The van der Waals surface area contributed by atoms with E-state index in [9.17, 15) is 4.79 Å². The van der Waals surface area contributed by atoms with Crippen LogP contribution in [0.4, 0.5) is 0 Å². The molecule has 0 aromatic carbocycles. The van der Waals surface area contributed by atoms with E-state index in [2.05, 4.69) is 22.8 Å². The van der Waals surface area contributed by atoms with Crippen LogP contribution in [0.25, 0.3) is 0 Å². The van der Waals surface area contributed by atoms with E-state index in [0.717, 1.165) is 19.5 Å². The molecule has 1 unspecified atom stereocenters. The lowest BCUT2D eigenvalue weighted by molar-refractivity contribution is -0.120. The number of carbonyl (C=O) groups is 1. The lowest BCUT2D eigenvalue weighted by atomic mass is 10.3. The standard InChI is InChI=1S/C10H20N2OS/c1-9(14)10(13)11-5-4-8-12-6-2-3-7-12/h9,14H,2-8H2,1H3,(H,11,13). The highest BCUT2D eigenvalue weighted by Crippen LogP contribution is 2.06. The summed E-state index contributed by atoms with van der Waals surface area (Å²) in [4.78, 5) is 13.6. The summed E-state index contributed by atoms with van der Waals surface area (Å²) in [5.74, 6) is 0.0368. The maximum absolute atomic E-state index is 11.1. The maximum atomic E-state index is 11.1. The number of hydrogen-bond donors (Lipinski definition) is 2. The highest BCUT2D eigenvalue weighted by Gasteiger charge is 2.11. The summed E-state index contributed by atoms with van der Waals surface area (Å²) in [5.41, 5.74) is 0. The Hall–Kier alpha value is -0.220. The molecule has 14 heavy (non-hydrogen) atoms. The first-order valence-corrected chi connectivity index (χ1v) is 5.90. The second kappa shape index (κ2) is 6.30. The summed E-state index contributed by atoms with van der Waals surface area (Å²) in [6.45, 7) is 6.15. The van der Waals surface area contributed by atoms with Gasteiger partial charge in [0.05, 0.1) is 5.25 Å². The van der Waals surface area contributed by atoms with Crippen LogP contribution in [0.2, 0.25) is 0 Å². The number of thiol groups is 1. The van der Waals surface area contributed by atoms with Crippen molar-refractivity contribution in [1.29, 1.82) is 0 Å². The van der Waals surface area contributed by atoms with E-state index in [4.69, 9.17) is 0 Å². The number of nitrogens with zero attached hydrogens (tertiary/aromatic N) is 1. The molecule has 0 saturated carbocycles. The van der Waals surface area contributed by atoms with Gasteiger partial charge >= 0.3 is 0 Å². The van der Waals surface area contributed by atoms with Crippen LogP contribution in [0.5, 0.6) is 0 Å². The molecule has 1 aliphatic heterocycles. The van der Waals surface area contributed by atoms with Gasteiger partial charge in [0, 0.05) is 6.54 Å². The lowest BCUT2D eigenvalue weighted by Crippen LogP contribution is -2.32. The highest BCUT2D eigenvalue weighted by molar-refractivity contribution is 7.81. The minimum absolute atomic E-state index is 0.0368. The number of carbonyl (C=O) groups excluding carboxylic acids is 1. The molecule has 82 valence electrons. The molecule has 1 saturated heterocycles. The lowest BCUT2D eigenvalue weighted by Gasteiger charge is -2.14. The van der Waals surface area contributed by atoms with Gasteiger partial charge in [-0.1, -0.05) is 0 Å². The van der Waals surface area contributed by atoms with Crippen LogP contribution >= 0.6 is 12.6 Å². The Balaban J connectivity index is 1.96. The van der Waals surface area contributed by atoms with E-state index >= 15 is 0 Å². The van der Waals surface area contributed by atoms with Crippen LogP contribution in [-0.2, 0) is 4.79 Å². The Morgan fingerprint density at radius 3 is 2.71 bits per heavy atom. The van der Waals surface area contributed by atoms with Crippen molar-refractivity contribution in [2.75, 3.05) is 26.2 Å². The zero-order valence-electron chi connectivity index (χ0n) is 8.83. The summed E-state index contributed by atoms with van der Waals surface area (Å²) in [6.07, 6.45) is 3.71. The largest absolute Gasteiger partial charge is 0.355 e. The van der Waals surface area contributed by atoms with Gasteiger partial charge in [-0.25, -0.2) is 0 Å². The van der Waals surface area contributed by atoms with Crippen LogP contribution in [0.3, 0.4) is 0 Å². The minimum atomic E-state index is -0.193. The van der Waals surface area contributed by atoms with Crippen molar-refractivity contribution in [2.45, 2.75) is 31.4 Å². The molecule has 4 heteroatoms. The minimum Gasteiger partial charge on any atom is -0.355 e. The third-order valence-electron chi connectivity index (χ3n) is 2.53. The molecule has 0 aromatic heterocycles. The van der Waals surface area contributed by atoms with Gasteiger partial charge in [0.2, 0.25) is 5.91 Å². The molecule has 1 aliphatic rings. The van der Waals surface area contributed by atoms with E-state index in [1.165, 1.54) is 25.9 Å². The van der Waals surface area contributed by atoms with Gasteiger partial charge in [-0.2, -0.15) is 12.6 Å². The smallest absolute Gasteiger partial charge is 0.232 e. The van der Waals surface area contributed by atoms with Crippen LogP contribution < -0.4 is 5.32 Å². The second-order valence-corrected chi connectivity index (χ2v) is 4.64. The summed E-state index contributed by atoms with van der Waals surface area (Å²) in [7, 11) is 0. The fourth-order valence-electron chi connectivity index (χ4n) is 1.67. The van der Waals surface area contributed by atoms with Crippen molar-refractivity contribution >= 4 is 18.5 Å². The summed E-state index contributed by atoms with van der Waals surface area (Å²) < 4.78 is 0. The average molecular weight is 216 g/mol. The van der Waals surface area contributed by atoms with Crippen LogP contribution in [0, 0.1) is 0 Å². The molecule has 1 fully saturated rings. The first-order valence-electron chi connectivity index (χ1n) is 5.38. The molecule has 0 aromatic rings. The first-order chi connectivity index (χ1) is 6.70. The van der Waals surface area contributed by atoms with Gasteiger partial charge in [0.1, 0.15) is 0 Å². The van der Waals surface area contributed by atoms with Crippen molar-refractivity contribution in [1.82, 2.24) is 10.2 Å². The van der Waals surface area contributed by atoms with Crippen molar-refractivity contribution in [3.05, 3.63) is 0 Å². The number of likely N-dealkylation sites (tertiary alicyclic amines) is 1. The van der Waals surface area contributed by atoms with Gasteiger partial charge in [-0.15, -0.1) is 0 Å². The third kappa shape index (κ3) is 4.33. The molecule has 0 spiro atoms. The molecule has 3 nitrogen and oxygen atoms in total. The molecule has 0 bridgehead atoms. The zero-order valence-corrected chi connectivity index (χ0v) is 9.72. The molecule has 1 rings (SSSR count). The Kier molecular flexibility index (Phi) is 5.33. The quantitative estimate of drug-likeness (QED) is 0.529. The van der Waals surface area contributed by atoms with Crippen molar-refractivity contribution in [3.8, 4) is 0 Å². The summed E-state index contributed by atoms with van der Waals surface area (Å²) in [6, 6.07) is 0. The van der Waals surface area contributed by atoms with Crippen LogP contribution in [-0.4, -0.2) is 42.2 Å². The monoisotopic (exact) mass is 216 g/mol. The van der Waals surface area contributed by atoms with E-state index in [1.54, 1.807) is 6.92 Å².